The number of hydrogen-bond donors (Lipinski definition) is 1. The first-order valence-corrected chi connectivity index (χ1v) is 8.22. The average molecular weight is 353 g/mol. The third kappa shape index (κ3) is 4.63. The molecule has 0 bridgehead atoms. The highest BCUT2D eigenvalue weighted by atomic mass is 16.7. The van der Waals surface area contributed by atoms with Crippen molar-refractivity contribution in [3.05, 3.63) is 65.7 Å². The van der Waals surface area contributed by atoms with Crippen LogP contribution in [0.3, 0.4) is 0 Å². The van der Waals surface area contributed by atoms with Crippen molar-refractivity contribution in [3.8, 4) is 11.5 Å². The van der Waals surface area contributed by atoms with Crippen LogP contribution < -0.4 is 14.8 Å². The van der Waals surface area contributed by atoms with Crippen molar-refractivity contribution >= 4 is 18.0 Å². The van der Waals surface area contributed by atoms with Crippen LogP contribution in [0.25, 0.3) is 6.08 Å². The predicted molar refractivity (Wildman–Crippen MR) is 95.4 cm³/mol. The van der Waals surface area contributed by atoms with Gasteiger partial charge in [0, 0.05) is 12.6 Å². The summed E-state index contributed by atoms with van der Waals surface area (Å²) < 4.78 is 15.7. The van der Waals surface area contributed by atoms with Crippen molar-refractivity contribution in [1.29, 1.82) is 0 Å². The van der Waals surface area contributed by atoms with E-state index in [0.29, 0.717) is 18.0 Å². The first-order chi connectivity index (χ1) is 12.6. The van der Waals surface area contributed by atoms with Gasteiger partial charge in [0.1, 0.15) is 0 Å². The van der Waals surface area contributed by atoms with Gasteiger partial charge >= 0.3 is 5.97 Å². The lowest BCUT2D eigenvalue weighted by Crippen LogP contribution is -2.35. The smallest absolute Gasteiger partial charge is 0.331 e. The lowest BCUT2D eigenvalue weighted by atomic mass is 10.2. The zero-order valence-corrected chi connectivity index (χ0v) is 14.3. The first kappa shape index (κ1) is 17.5. The summed E-state index contributed by atoms with van der Waals surface area (Å²) in [5.74, 6) is 0.401. The Kier molecular flexibility index (Phi) is 5.53. The number of nitrogens with one attached hydrogen (secondary N) is 1. The Hall–Kier alpha value is -3.28. The monoisotopic (exact) mass is 353 g/mol. The van der Waals surface area contributed by atoms with E-state index >= 15 is 0 Å². The van der Waals surface area contributed by atoms with Gasteiger partial charge in [-0.05, 0) is 36.3 Å². The minimum absolute atomic E-state index is 0.203. The van der Waals surface area contributed by atoms with Crippen molar-refractivity contribution in [3.63, 3.8) is 0 Å². The van der Waals surface area contributed by atoms with Crippen molar-refractivity contribution in [2.45, 2.75) is 19.6 Å². The molecule has 0 spiro atoms. The first-order valence-electron chi connectivity index (χ1n) is 8.22. The molecule has 3 rings (SSSR count). The Morgan fingerprint density at radius 2 is 1.92 bits per heavy atom. The number of esters is 1. The molecule has 1 unspecified atom stereocenters. The molecule has 1 heterocycles. The zero-order valence-electron chi connectivity index (χ0n) is 14.3. The molecule has 0 saturated heterocycles. The molecule has 0 aromatic heterocycles. The number of amides is 1. The maximum absolute atomic E-state index is 12.1. The topological polar surface area (TPSA) is 73.9 Å². The summed E-state index contributed by atoms with van der Waals surface area (Å²) in [6.07, 6.45) is 2.05. The number of fused-ring (bicyclic) bond motifs is 1. The maximum atomic E-state index is 12.1. The fourth-order valence-electron chi connectivity index (χ4n) is 2.38. The van der Waals surface area contributed by atoms with Gasteiger partial charge in [-0.25, -0.2) is 4.79 Å². The molecule has 0 radical (unpaired) electrons. The summed E-state index contributed by atoms with van der Waals surface area (Å²) in [5, 5.41) is 2.73. The molecule has 134 valence electrons. The molecule has 26 heavy (non-hydrogen) atoms. The third-order valence-corrected chi connectivity index (χ3v) is 3.78. The fraction of sp³-hybridized carbons (Fsp3) is 0.200. The summed E-state index contributed by atoms with van der Waals surface area (Å²) in [7, 11) is 0. The van der Waals surface area contributed by atoms with Crippen LogP contribution in [0.4, 0.5) is 0 Å². The van der Waals surface area contributed by atoms with Crippen molar-refractivity contribution in [2.75, 3.05) is 6.79 Å². The minimum atomic E-state index is -0.892. The zero-order chi connectivity index (χ0) is 18.4. The van der Waals surface area contributed by atoms with Gasteiger partial charge in [0.15, 0.2) is 17.6 Å². The molecule has 1 N–H and O–H groups in total. The van der Waals surface area contributed by atoms with Crippen LogP contribution in [0.2, 0.25) is 0 Å². The molecule has 0 saturated carbocycles. The molecule has 1 aliphatic rings. The highest BCUT2D eigenvalue weighted by Gasteiger charge is 2.17. The molecular formula is C20H19NO5. The highest BCUT2D eigenvalue weighted by Crippen LogP contribution is 2.32. The van der Waals surface area contributed by atoms with Crippen molar-refractivity contribution < 1.29 is 23.8 Å². The van der Waals surface area contributed by atoms with Gasteiger partial charge in [0.05, 0.1) is 0 Å². The van der Waals surface area contributed by atoms with Crippen molar-refractivity contribution in [1.82, 2.24) is 5.32 Å². The highest BCUT2D eigenvalue weighted by molar-refractivity contribution is 5.90. The summed E-state index contributed by atoms with van der Waals surface area (Å²) in [6, 6.07) is 14.8. The van der Waals surface area contributed by atoms with Gasteiger partial charge < -0.3 is 19.5 Å². The summed E-state index contributed by atoms with van der Waals surface area (Å²) in [4.78, 5) is 23.9. The van der Waals surface area contributed by atoms with Gasteiger partial charge in [-0.2, -0.15) is 0 Å². The average Bonchev–Trinajstić information content (AvgIpc) is 3.13. The van der Waals surface area contributed by atoms with Crippen molar-refractivity contribution in [2.24, 2.45) is 0 Å². The van der Waals surface area contributed by atoms with Gasteiger partial charge in [-0.15, -0.1) is 0 Å². The molecule has 6 nitrogen and oxygen atoms in total. The Morgan fingerprint density at radius 1 is 1.15 bits per heavy atom. The molecule has 2 aromatic rings. The Balaban J connectivity index is 1.47. The molecular weight excluding hydrogens is 334 g/mol. The van der Waals surface area contributed by atoms with E-state index in [-0.39, 0.29) is 12.7 Å². The Labute approximate surface area is 151 Å². The second kappa shape index (κ2) is 8.20. The van der Waals surface area contributed by atoms with Gasteiger partial charge in [0.2, 0.25) is 6.79 Å². The van der Waals surface area contributed by atoms with E-state index in [0.717, 1.165) is 11.1 Å². The van der Waals surface area contributed by atoms with Crippen LogP contribution in [0.5, 0.6) is 11.5 Å². The van der Waals surface area contributed by atoms with E-state index in [1.807, 2.05) is 42.5 Å². The molecule has 6 heteroatoms. The van der Waals surface area contributed by atoms with E-state index in [4.69, 9.17) is 14.2 Å². The minimum Gasteiger partial charge on any atom is -0.454 e. The number of ether oxygens (including phenoxy) is 3. The van der Waals surface area contributed by atoms with Crippen LogP contribution in [0.1, 0.15) is 18.1 Å². The second-order valence-corrected chi connectivity index (χ2v) is 5.73. The van der Waals surface area contributed by atoms with Gasteiger partial charge in [-0.3, -0.25) is 4.79 Å². The lowest BCUT2D eigenvalue weighted by Gasteiger charge is -2.12. The van der Waals surface area contributed by atoms with E-state index in [1.54, 1.807) is 12.1 Å². The van der Waals surface area contributed by atoms with Crippen LogP contribution in [-0.4, -0.2) is 24.8 Å². The van der Waals surface area contributed by atoms with Gasteiger partial charge in [0.25, 0.3) is 5.91 Å². The standard InChI is InChI=1S/C20H19NO5/c1-14(26-19(22)10-8-15-5-3-2-4-6-15)20(23)21-12-16-7-9-17-18(11-16)25-13-24-17/h2-11,14H,12-13H2,1H3,(H,21,23)/b10-8+. The normalized spacial score (nSPS) is 13.4. The van der Waals surface area contributed by atoms with Crippen LogP contribution in [-0.2, 0) is 20.9 Å². The summed E-state index contributed by atoms with van der Waals surface area (Å²) >= 11 is 0. The number of rotatable bonds is 6. The lowest BCUT2D eigenvalue weighted by molar-refractivity contribution is -0.150. The second-order valence-electron chi connectivity index (χ2n) is 5.73. The largest absolute Gasteiger partial charge is 0.454 e. The van der Waals surface area contributed by atoms with Crippen LogP contribution >= 0.6 is 0 Å². The Bertz CT molecular complexity index is 816. The van der Waals surface area contributed by atoms with Crippen LogP contribution in [0, 0.1) is 0 Å². The molecule has 1 amide bonds. The van der Waals surface area contributed by atoms with E-state index in [9.17, 15) is 9.59 Å². The predicted octanol–water partition coefficient (Wildman–Crippen LogP) is 2.68. The van der Waals surface area contributed by atoms with Crippen LogP contribution in [0.15, 0.2) is 54.6 Å². The fourth-order valence-corrected chi connectivity index (χ4v) is 2.38. The summed E-state index contributed by atoms with van der Waals surface area (Å²) in [6.45, 7) is 2.04. The molecule has 2 aromatic carbocycles. The molecule has 1 atom stereocenters. The number of carbonyl (C=O) groups is 2. The number of carbonyl (C=O) groups excluding carboxylic acids is 2. The molecule has 1 aliphatic heterocycles. The maximum Gasteiger partial charge on any atom is 0.331 e. The SMILES string of the molecule is CC(OC(=O)/C=C/c1ccccc1)C(=O)NCc1ccc2c(c1)OCO2. The number of hydrogen-bond acceptors (Lipinski definition) is 5. The third-order valence-electron chi connectivity index (χ3n) is 3.78. The molecule has 0 aliphatic carbocycles. The van der Waals surface area contributed by atoms with E-state index in [1.165, 1.54) is 13.0 Å². The number of benzene rings is 2. The Morgan fingerprint density at radius 3 is 2.73 bits per heavy atom. The summed E-state index contributed by atoms with van der Waals surface area (Å²) in [5.41, 5.74) is 1.74. The van der Waals surface area contributed by atoms with Gasteiger partial charge in [-0.1, -0.05) is 36.4 Å². The quantitative estimate of drug-likeness (QED) is 0.638. The van der Waals surface area contributed by atoms with E-state index in [2.05, 4.69) is 5.32 Å². The van der Waals surface area contributed by atoms with E-state index < -0.39 is 12.1 Å². The molecule has 0 fully saturated rings.